The van der Waals surface area contributed by atoms with Crippen LogP contribution in [0.5, 0.6) is 0 Å². The Kier molecular flexibility index (Phi) is 4.99. The quantitative estimate of drug-likeness (QED) is 0.209. The second-order valence-electron chi connectivity index (χ2n) is 11.0. The van der Waals surface area contributed by atoms with Crippen LogP contribution < -0.4 is 0 Å². The molecule has 1 aliphatic carbocycles. The maximum absolute atomic E-state index is 10.2. The zero-order valence-corrected chi connectivity index (χ0v) is 23.7. The molecule has 43 heavy (non-hydrogen) atoms. The van der Waals surface area contributed by atoms with Crippen LogP contribution in [-0.4, -0.2) is 4.57 Å². The zero-order valence-electron chi connectivity index (χ0n) is 22.9. The van der Waals surface area contributed by atoms with Crippen molar-refractivity contribution < 1.29 is 4.42 Å². The molecule has 0 atom stereocenters. The van der Waals surface area contributed by atoms with Crippen molar-refractivity contribution in [2.24, 2.45) is 0 Å². The third-order valence-electron chi connectivity index (χ3n) is 8.73. The van der Waals surface area contributed by atoms with Crippen molar-refractivity contribution in [1.29, 1.82) is 10.5 Å². The summed E-state index contributed by atoms with van der Waals surface area (Å²) in [6.45, 7) is 0. The van der Waals surface area contributed by atoms with E-state index in [1.54, 1.807) is 11.3 Å². The van der Waals surface area contributed by atoms with Gasteiger partial charge in [0.15, 0.2) is 0 Å². The van der Waals surface area contributed by atoms with Crippen LogP contribution in [0.2, 0.25) is 0 Å². The number of aryl methyl sites for hydroxylation is 1. The van der Waals surface area contributed by atoms with Gasteiger partial charge >= 0.3 is 0 Å². The topological polar surface area (TPSA) is 65.7 Å². The van der Waals surface area contributed by atoms with Crippen molar-refractivity contribution in [3.05, 3.63) is 120 Å². The number of benzene rings is 5. The molecule has 4 nitrogen and oxygen atoms in total. The van der Waals surface area contributed by atoms with Crippen LogP contribution in [0.25, 0.3) is 75.8 Å². The molecule has 1 aliphatic rings. The number of fused-ring (bicyclic) bond motifs is 9. The zero-order chi connectivity index (χ0) is 28.7. The first-order chi connectivity index (χ1) is 21.2. The van der Waals surface area contributed by atoms with Crippen molar-refractivity contribution in [2.75, 3.05) is 0 Å². The van der Waals surface area contributed by atoms with Crippen molar-refractivity contribution in [1.82, 2.24) is 4.57 Å². The molecule has 0 aliphatic heterocycles. The van der Waals surface area contributed by atoms with E-state index in [-0.39, 0.29) is 0 Å². The van der Waals surface area contributed by atoms with E-state index in [1.807, 2.05) is 24.3 Å². The Morgan fingerprint density at radius 1 is 0.721 bits per heavy atom. The molecule has 0 unspecified atom stereocenters. The van der Waals surface area contributed by atoms with Crippen LogP contribution >= 0.6 is 11.3 Å². The summed E-state index contributed by atoms with van der Waals surface area (Å²) >= 11 is 1.66. The van der Waals surface area contributed by atoms with Crippen molar-refractivity contribution >= 4 is 70.4 Å². The molecule has 0 fully saturated rings. The van der Waals surface area contributed by atoms with Crippen molar-refractivity contribution in [3.63, 3.8) is 0 Å². The molecule has 5 heteroatoms. The Bertz CT molecular complexity index is 2600. The summed E-state index contributed by atoms with van der Waals surface area (Å²) in [6.07, 6.45) is 6.28. The molecule has 5 aromatic carbocycles. The Morgan fingerprint density at radius 3 is 2.47 bits per heavy atom. The second-order valence-corrected chi connectivity index (χ2v) is 12.0. The molecule has 0 spiro atoms. The third kappa shape index (κ3) is 3.29. The average molecular weight is 568 g/mol. The van der Waals surface area contributed by atoms with E-state index in [9.17, 15) is 10.5 Å². The number of thiophene rings is 1. The SMILES string of the molecule is N#Cc1ccc2c3ccccc3n(-c3cccc4c3sc3c(C#N)ccc(-c5cccc6c7c(oc56)CCC=C7)c34)c2c1. The van der Waals surface area contributed by atoms with Gasteiger partial charge in [-0.2, -0.15) is 10.5 Å². The van der Waals surface area contributed by atoms with E-state index >= 15 is 0 Å². The van der Waals surface area contributed by atoms with E-state index < -0.39 is 0 Å². The van der Waals surface area contributed by atoms with Crippen LogP contribution in [0.1, 0.15) is 28.9 Å². The lowest BCUT2D eigenvalue weighted by Crippen LogP contribution is -1.94. The van der Waals surface area contributed by atoms with E-state index in [0.717, 1.165) is 88.4 Å². The standard InChI is InChI=1S/C38H21N3OS/c39-20-22-15-17-25-24-7-1-3-12-31(24)41(33(25)19-22)32-13-6-11-30-35-27(18-16-23(21-40)37(35)43-38(30)32)29-10-5-9-28-26-8-2-4-14-34(26)42-36(28)29/h1-3,5-13,15-19H,4,14H2. The summed E-state index contributed by atoms with van der Waals surface area (Å²) in [5.74, 6) is 1.04. The fourth-order valence-electron chi connectivity index (χ4n) is 6.86. The first-order valence-corrected chi connectivity index (χ1v) is 15.1. The van der Waals surface area contributed by atoms with E-state index in [0.29, 0.717) is 11.1 Å². The number of aromatic nitrogens is 1. The van der Waals surface area contributed by atoms with Gasteiger partial charge in [0.2, 0.25) is 0 Å². The van der Waals surface area contributed by atoms with Gasteiger partial charge in [-0.25, -0.2) is 0 Å². The predicted molar refractivity (Wildman–Crippen MR) is 176 cm³/mol. The van der Waals surface area contributed by atoms with Gasteiger partial charge in [0, 0.05) is 44.5 Å². The molecule has 0 saturated carbocycles. The first kappa shape index (κ1) is 24.0. The molecule has 0 radical (unpaired) electrons. The summed E-state index contributed by atoms with van der Waals surface area (Å²) in [5.41, 5.74) is 8.56. The molecule has 3 heterocycles. The minimum atomic E-state index is 0.623. The highest BCUT2D eigenvalue weighted by molar-refractivity contribution is 7.26. The van der Waals surface area contributed by atoms with Gasteiger partial charge in [-0.3, -0.25) is 0 Å². The minimum absolute atomic E-state index is 0.623. The van der Waals surface area contributed by atoms with Gasteiger partial charge < -0.3 is 8.98 Å². The van der Waals surface area contributed by atoms with Crippen LogP contribution in [-0.2, 0) is 6.42 Å². The van der Waals surface area contributed by atoms with Gasteiger partial charge in [-0.05, 0) is 42.3 Å². The molecule has 0 N–H and O–H groups in total. The number of rotatable bonds is 2. The number of hydrogen-bond acceptors (Lipinski definition) is 4. The van der Waals surface area contributed by atoms with Gasteiger partial charge in [0.25, 0.3) is 0 Å². The molecule has 200 valence electrons. The summed E-state index contributed by atoms with van der Waals surface area (Å²) in [7, 11) is 0. The molecule has 8 aromatic rings. The Labute approximate surface area is 250 Å². The molecule has 3 aromatic heterocycles. The van der Waals surface area contributed by atoms with E-state index in [2.05, 4.69) is 95.6 Å². The number of allylic oxidation sites excluding steroid dienone is 1. The van der Waals surface area contributed by atoms with Crippen molar-refractivity contribution in [3.8, 4) is 29.0 Å². The van der Waals surface area contributed by atoms with Crippen LogP contribution in [0.15, 0.2) is 101 Å². The predicted octanol–water partition coefficient (Wildman–Crippen LogP) is 10.3. The lowest BCUT2D eigenvalue weighted by molar-refractivity contribution is 0.547. The lowest BCUT2D eigenvalue weighted by Gasteiger charge is -2.10. The molecule has 0 amide bonds. The molecular weight excluding hydrogens is 547 g/mol. The molecule has 9 rings (SSSR count). The maximum atomic E-state index is 10.2. The second kappa shape index (κ2) is 8.94. The van der Waals surface area contributed by atoms with Gasteiger partial charge in [0.1, 0.15) is 17.4 Å². The fourth-order valence-corrected chi connectivity index (χ4v) is 8.15. The summed E-state index contributed by atoms with van der Waals surface area (Å²) < 4.78 is 10.9. The normalized spacial score (nSPS) is 12.8. The van der Waals surface area contributed by atoms with Crippen molar-refractivity contribution in [2.45, 2.75) is 12.8 Å². The molecule has 0 saturated heterocycles. The number of nitriles is 2. The number of furan rings is 1. The Balaban J connectivity index is 1.40. The highest BCUT2D eigenvalue weighted by atomic mass is 32.1. The minimum Gasteiger partial charge on any atom is -0.460 e. The molecule has 0 bridgehead atoms. The fraction of sp³-hybridized carbons (Fsp3) is 0.0526. The smallest absolute Gasteiger partial charge is 0.142 e. The summed E-state index contributed by atoms with van der Waals surface area (Å²) in [5, 5.41) is 25.5. The van der Waals surface area contributed by atoms with E-state index in [1.165, 1.54) is 5.56 Å². The van der Waals surface area contributed by atoms with Crippen LogP contribution in [0, 0.1) is 22.7 Å². The maximum Gasteiger partial charge on any atom is 0.142 e. The molecular formula is C38H21N3OS. The highest BCUT2D eigenvalue weighted by Gasteiger charge is 2.23. The van der Waals surface area contributed by atoms with Gasteiger partial charge in [0.05, 0.1) is 43.3 Å². The van der Waals surface area contributed by atoms with Gasteiger partial charge in [-0.15, -0.1) is 11.3 Å². The summed E-state index contributed by atoms with van der Waals surface area (Å²) in [6, 6.07) is 35.8. The number of nitrogens with zero attached hydrogens (tertiary/aromatic N) is 3. The number of hydrogen-bond donors (Lipinski definition) is 0. The van der Waals surface area contributed by atoms with Crippen LogP contribution in [0.4, 0.5) is 0 Å². The largest absolute Gasteiger partial charge is 0.460 e. The third-order valence-corrected chi connectivity index (χ3v) is 9.99. The Hall–Kier alpha value is -5.62. The lowest BCUT2D eigenvalue weighted by atomic mass is 9.95. The first-order valence-electron chi connectivity index (χ1n) is 14.3. The Morgan fingerprint density at radius 2 is 1.56 bits per heavy atom. The summed E-state index contributed by atoms with van der Waals surface area (Å²) in [4.78, 5) is 0. The van der Waals surface area contributed by atoms with E-state index in [4.69, 9.17) is 4.42 Å². The average Bonchev–Trinajstić information content (AvgIpc) is 3.74. The van der Waals surface area contributed by atoms with Gasteiger partial charge in [-0.1, -0.05) is 72.8 Å². The monoisotopic (exact) mass is 567 g/mol. The number of para-hydroxylation sites is 2. The van der Waals surface area contributed by atoms with Crippen LogP contribution in [0.3, 0.4) is 0 Å². The highest BCUT2D eigenvalue weighted by Crippen LogP contribution is 2.47.